The molecule has 0 amide bonds. The fraction of sp³-hybridized carbons (Fsp3) is 0.538. The number of hydrogen-bond donors (Lipinski definition) is 2. The van der Waals surface area contributed by atoms with Gasteiger partial charge < -0.3 is 10.2 Å². The number of halogens is 1. The van der Waals surface area contributed by atoms with Crippen molar-refractivity contribution in [2.75, 3.05) is 25.0 Å². The van der Waals surface area contributed by atoms with Crippen LogP contribution in [-0.4, -0.2) is 39.0 Å². The molecule has 0 aromatic heterocycles. The molecule has 0 spiro atoms. The number of sulfonamides is 1. The molecule has 2 bridgehead atoms. The van der Waals surface area contributed by atoms with Crippen LogP contribution in [0.15, 0.2) is 23.1 Å². The third-order valence-corrected chi connectivity index (χ3v) is 5.50. The summed E-state index contributed by atoms with van der Waals surface area (Å²) in [5, 5.41) is 9.08. The van der Waals surface area contributed by atoms with E-state index >= 15 is 0 Å². The van der Waals surface area contributed by atoms with Crippen molar-refractivity contribution in [2.24, 2.45) is 11.1 Å². The zero-order chi connectivity index (χ0) is 14.3. The number of piperidine rings is 3. The highest BCUT2D eigenvalue weighted by molar-refractivity contribution is 7.89. The lowest BCUT2D eigenvalue weighted by molar-refractivity contribution is 0.0975. The van der Waals surface area contributed by atoms with Crippen molar-refractivity contribution in [3.63, 3.8) is 0 Å². The monoisotopic (exact) mass is 315 g/mol. The number of rotatable bonds is 3. The summed E-state index contributed by atoms with van der Waals surface area (Å²) in [5.41, 5.74) is 0.650. The van der Waals surface area contributed by atoms with Crippen LogP contribution in [0.1, 0.15) is 12.8 Å². The summed E-state index contributed by atoms with van der Waals surface area (Å²) in [6.07, 6.45) is 2.37. The molecule has 3 N–H and O–H groups in total. The smallest absolute Gasteiger partial charge is 0.238 e. The van der Waals surface area contributed by atoms with Gasteiger partial charge in [0.25, 0.3) is 0 Å². The summed E-state index contributed by atoms with van der Waals surface area (Å²) in [5.74, 6) is 0.634. The first kappa shape index (κ1) is 14.1. The molecule has 3 aliphatic rings. The molecule has 20 heavy (non-hydrogen) atoms. The third kappa shape index (κ3) is 2.79. The van der Waals surface area contributed by atoms with E-state index in [4.69, 9.17) is 16.7 Å². The van der Waals surface area contributed by atoms with Crippen LogP contribution in [0.3, 0.4) is 0 Å². The molecule has 3 aliphatic heterocycles. The van der Waals surface area contributed by atoms with E-state index < -0.39 is 10.0 Å². The summed E-state index contributed by atoms with van der Waals surface area (Å²) in [6, 6.07) is 4.85. The molecular formula is C13H18ClN3O2S. The maximum Gasteiger partial charge on any atom is 0.238 e. The summed E-state index contributed by atoms with van der Waals surface area (Å²) < 4.78 is 22.8. The number of hydrogen-bond acceptors (Lipinski definition) is 4. The zero-order valence-electron chi connectivity index (χ0n) is 11.0. The third-order valence-electron chi connectivity index (χ3n) is 4.26. The Bertz CT molecular complexity index is 612. The molecule has 0 saturated carbocycles. The minimum Gasteiger partial charge on any atom is -0.380 e. The van der Waals surface area contributed by atoms with Gasteiger partial charge in [-0.05, 0) is 50.0 Å². The Morgan fingerprint density at radius 1 is 1.30 bits per heavy atom. The fourth-order valence-corrected chi connectivity index (χ4v) is 3.83. The van der Waals surface area contributed by atoms with E-state index in [0.29, 0.717) is 22.7 Å². The molecular weight excluding hydrogens is 298 g/mol. The van der Waals surface area contributed by atoms with Crippen molar-refractivity contribution in [1.29, 1.82) is 0 Å². The highest BCUT2D eigenvalue weighted by Crippen LogP contribution is 2.32. The van der Waals surface area contributed by atoms with Gasteiger partial charge in [-0.2, -0.15) is 0 Å². The van der Waals surface area contributed by atoms with E-state index in [1.807, 2.05) is 0 Å². The molecule has 7 heteroatoms. The van der Waals surface area contributed by atoms with Crippen LogP contribution < -0.4 is 10.5 Å². The number of fused-ring (bicyclic) bond motifs is 3. The Morgan fingerprint density at radius 3 is 2.55 bits per heavy atom. The minimum absolute atomic E-state index is 0.0886. The predicted molar refractivity (Wildman–Crippen MR) is 79.4 cm³/mol. The highest BCUT2D eigenvalue weighted by atomic mass is 35.5. The van der Waals surface area contributed by atoms with Crippen LogP contribution in [0.2, 0.25) is 5.02 Å². The first-order valence-electron chi connectivity index (χ1n) is 6.75. The number of nitrogens with one attached hydrogen (secondary N) is 1. The maximum atomic E-state index is 11.4. The van der Waals surface area contributed by atoms with Gasteiger partial charge in [0.15, 0.2) is 0 Å². The van der Waals surface area contributed by atoms with E-state index in [2.05, 4.69) is 10.2 Å². The molecule has 110 valence electrons. The van der Waals surface area contributed by atoms with Crippen molar-refractivity contribution in [3.05, 3.63) is 23.2 Å². The molecule has 1 atom stereocenters. The van der Waals surface area contributed by atoms with Gasteiger partial charge in [0, 0.05) is 12.6 Å². The molecule has 4 rings (SSSR count). The summed E-state index contributed by atoms with van der Waals surface area (Å²) in [7, 11) is -3.70. The molecule has 1 aromatic carbocycles. The second kappa shape index (κ2) is 5.18. The molecule has 1 aromatic rings. The van der Waals surface area contributed by atoms with Crippen LogP contribution in [0.4, 0.5) is 5.69 Å². The van der Waals surface area contributed by atoms with Gasteiger partial charge in [0.2, 0.25) is 10.0 Å². The Morgan fingerprint density at radius 2 is 2.00 bits per heavy atom. The van der Waals surface area contributed by atoms with Crippen molar-refractivity contribution >= 4 is 27.3 Å². The Balaban J connectivity index is 1.83. The Labute approximate surface area is 124 Å². The van der Waals surface area contributed by atoms with Crippen molar-refractivity contribution in [1.82, 2.24) is 4.90 Å². The van der Waals surface area contributed by atoms with Crippen molar-refractivity contribution in [3.8, 4) is 0 Å². The van der Waals surface area contributed by atoms with Crippen LogP contribution in [0.5, 0.6) is 0 Å². The second-order valence-electron chi connectivity index (χ2n) is 5.58. The number of anilines is 1. The van der Waals surface area contributed by atoms with E-state index in [1.165, 1.54) is 25.0 Å². The predicted octanol–water partition coefficient (Wildman–Crippen LogP) is 1.49. The fourth-order valence-electron chi connectivity index (χ4n) is 3.12. The second-order valence-corrected chi connectivity index (χ2v) is 7.54. The van der Waals surface area contributed by atoms with Gasteiger partial charge in [0.1, 0.15) is 0 Å². The standard InChI is InChI=1S/C13H18ClN3O2S/c14-11-2-1-10(20(15,18)19)7-12(11)16-13-8-17-5-3-9(13)4-6-17/h1-2,7,9,13,16H,3-6,8H2,(H2,15,18,19). The lowest BCUT2D eigenvalue weighted by Crippen LogP contribution is -2.53. The van der Waals surface area contributed by atoms with Crippen molar-refractivity contribution in [2.45, 2.75) is 23.8 Å². The van der Waals surface area contributed by atoms with Gasteiger partial charge >= 0.3 is 0 Å². The summed E-state index contributed by atoms with van der Waals surface area (Å²) in [4.78, 5) is 2.51. The molecule has 3 heterocycles. The van der Waals surface area contributed by atoms with E-state index in [1.54, 1.807) is 6.07 Å². The normalized spacial score (nSPS) is 29.4. The largest absolute Gasteiger partial charge is 0.380 e. The van der Waals surface area contributed by atoms with E-state index in [9.17, 15) is 8.42 Å². The van der Waals surface area contributed by atoms with Gasteiger partial charge in [-0.25, -0.2) is 13.6 Å². The molecule has 1 unspecified atom stereocenters. The number of nitrogens with zero attached hydrogens (tertiary/aromatic N) is 1. The Kier molecular flexibility index (Phi) is 3.66. The summed E-state index contributed by atoms with van der Waals surface area (Å²) in [6.45, 7) is 3.31. The molecule has 0 radical (unpaired) electrons. The quantitative estimate of drug-likeness (QED) is 0.886. The minimum atomic E-state index is -3.70. The first-order chi connectivity index (χ1) is 9.43. The SMILES string of the molecule is NS(=O)(=O)c1ccc(Cl)c(NC2CN3CCC2CC3)c1. The highest BCUT2D eigenvalue weighted by Gasteiger charge is 2.34. The number of benzene rings is 1. The Hall–Kier alpha value is -0.820. The van der Waals surface area contributed by atoms with Crippen LogP contribution in [0, 0.1) is 5.92 Å². The molecule has 5 nitrogen and oxygen atoms in total. The molecule has 0 aliphatic carbocycles. The van der Waals surface area contributed by atoms with E-state index in [-0.39, 0.29) is 4.90 Å². The lowest BCUT2D eigenvalue weighted by Gasteiger charge is -2.45. The first-order valence-corrected chi connectivity index (χ1v) is 8.67. The zero-order valence-corrected chi connectivity index (χ0v) is 12.6. The maximum absolute atomic E-state index is 11.4. The van der Waals surface area contributed by atoms with Crippen molar-refractivity contribution < 1.29 is 8.42 Å². The molecule has 3 fully saturated rings. The topological polar surface area (TPSA) is 75.4 Å². The average molecular weight is 316 g/mol. The molecule has 3 saturated heterocycles. The van der Waals surface area contributed by atoms with E-state index in [0.717, 1.165) is 19.6 Å². The summed E-state index contributed by atoms with van der Waals surface area (Å²) >= 11 is 6.16. The average Bonchev–Trinajstić information content (AvgIpc) is 2.41. The van der Waals surface area contributed by atoms with Gasteiger partial charge in [-0.1, -0.05) is 11.6 Å². The van der Waals surface area contributed by atoms with Gasteiger partial charge in [-0.3, -0.25) is 0 Å². The van der Waals surface area contributed by atoms with Crippen LogP contribution in [-0.2, 0) is 10.0 Å². The van der Waals surface area contributed by atoms with Gasteiger partial charge in [0.05, 0.1) is 15.6 Å². The number of primary sulfonamides is 1. The lowest BCUT2D eigenvalue weighted by atomic mass is 9.84. The van der Waals surface area contributed by atoms with Crippen LogP contribution >= 0.6 is 11.6 Å². The van der Waals surface area contributed by atoms with Gasteiger partial charge in [-0.15, -0.1) is 0 Å². The van der Waals surface area contributed by atoms with Crippen LogP contribution in [0.25, 0.3) is 0 Å². The number of nitrogens with two attached hydrogens (primary N) is 1.